The lowest BCUT2D eigenvalue weighted by Gasteiger charge is -2.43. The van der Waals surface area contributed by atoms with Crippen molar-refractivity contribution in [3.05, 3.63) is 57.8 Å². The Bertz CT molecular complexity index is 729. The smallest absolute Gasteiger partial charge is 0.315 e. The van der Waals surface area contributed by atoms with E-state index in [9.17, 15) is 4.79 Å². The maximum absolute atomic E-state index is 12.4. The monoisotopic (exact) mass is 371 g/mol. The molecule has 140 valence electrons. The van der Waals surface area contributed by atoms with Gasteiger partial charge in [0.2, 0.25) is 0 Å². The van der Waals surface area contributed by atoms with Crippen LogP contribution in [0.25, 0.3) is 0 Å². The molecule has 0 spiro atoms. The van der Waals surface area contributed by atoms with E-state index in [-0.39, 0.29) is 17.6 Å². The predicted octanol–water partition coefficient (Wildman–Crippen LogP) is 3.47. The zero-order chi connectivity index (χ0) is 18.6. The van der Waals surface area contributed by atoms with Gasteiger partial charge >= 0.3 is 6.03 Å². The molecule has 2 aromatic rings. The van der Waals surface area contributed by atoms with Crippen LogP contribution in [0.1, 0.15) is 30.0 Å². The molecule has 4 nitrogen and oxygen atoms in total. The quantitative estimate of drug-likeness (QED) is 0.817. The van der Waals surface area contributed by atoms with E-state index in [1.807, 2.05) is 0 Å². The first-order chi connectivity index (χ1) is 12.5. The second-order valence-electron chi connectivity index (χ2n) is 7.63. The minimum absolute atomic E-state index is 0.0255. The van der Waals surface area contributed by atoms with Gasteiger partial charge in [0.05, 0.1) is 0 Å². The van der Waals surface area contributed by atoms with Gasteiger partial charge in [0.25, 0.3) is 0 Å². The molecule has 0 unspecified atom stereocenters. The molecule has 0 saturated carbocycles. The maximum atomic E-state index is 12.4. The summed E-state index contributed by atoms with van der Waals surface area (Å²) in [4.78, 5) is 14.7. The van der Waals surface area contributed by atoms with Gasteiger partial charge < -0.3 is 15.5 Å². The third-order valence-electron chi connectivity index (χ3n) is 5.52. The van der Waals surface area contributed by atoms with Crippen LogP contribution in [0, 0.1) is 0 Å². The lowest BCUT2D eigenvalue weighted by molar-refractivity contribution is 0.129. The van der Waals surface area contributed by atoms with Crippen molar-refractivity contribution in [1.29, 1.82) is 0 Å². The van der Waals surface area contributed by atoms with Gasteiger partial charge in [-0.25, -0.2) is 4.79 Å². The third-order valence-corrected chi connectivity index (χ3v) is 6.26. The van der Waals surface area contributed by atoms with Crippen LogP contribution in [-0.4, -0.2) is 43.2 Å². The van der Waals surface area contributed by atoms with Crippen molar-refractivity contribution < 1.29 is 4.79 Å². The zero-order valence-electron chi connectivity index (χ0n) is 15.9. The highest BCUT2D eigenvalue weighted by molar-refractivity contribution is 7.07. The first kappa shape index (κ1) is 18.9. The summed E-state index contributed by atoms with van der Waals surface area (Å²) < 4.78 is 0. The van der Waals surface area contributed by atoms with E-state index in [1.54, 1.807) is 11.3 Å². The molecule has 0 saturated heterocycles. The molecule has 1 heterocycles. The van der Waals surface area contributed by atoms with Crippen LogP contribution in [0.4, 0.5) is 4.79 Å². The minimum Gasteiger partial charge on any atom is -0.336 e. The number of benzene rings is 1. The number of hydrogen-bond acceptors (Lipinski definition) is 3. The molecule has 0 radical (unpaired) electrons. The van der Waals surface area contributed by atoms with Crippen molar-refractivity contribution in [2.45, 2.75) is 44.2 Å². The summed E-state index contributed by atoms with van der Waals surface area (Å²) >= 11 is 1.69. The molecule has 2 amide bonds. The number of urea groups is 1. The van der Waals surface area contributed by atoms with Gasteiger partial charge in [0.15, 0.2) is 0 Å². The third kappa shape index (κ3) is 4.46. The fraction of sp³-hybridized carbons (Fsp3) is 0.476. The van der Waals surface area contributed by atoms with Gasteiger partial charge in [-0.05, 0) is 80.2 Å². The number of carbonyl (C=O) groups is 1. The molecule has 0 aliphatic heterocycles. The lowest BCUT2D eigenvalue weighted by atomic mass is 9.77. The first-order valence-corrected chi connectivity index (χ1v) is 10.2. The number of fused-ring (bicyclic) bond motifs is 1. The van der Waals surface area contributed by atoms with Gasteiger partial charge in [0.1, 0.15) is 0 Å². The van der Waals surface area contributed by atoms with E-state index in [1.165, 1.54) is 16.7 Å². The average molecular weight is 372 g/mol. The van der Waals surface area contributed by atoms with Crippen molar-refractivity contribution in [2.24, 2.45) is 0 Å². The number of rotatable bonds is 6. The summed E-state index contributed by atoms with van der Waals surface area (Å²) in [5, 5.41) is 10.4. The number of carbonyl (C=O) groups excluding carboxylic acids is 1. The van der Waals surface area contributed by atoms with Crippen LogP contribution in [-0.2, 0) is 19.3 Å². The molecule has 26 heavy (non-hydrogen) atoms. The summed E-state index contributed by atoms with van der Waals surface area (Å²) in [6.45, 7) is 2.71. The van der Waals surface area contributed by atoms with Gasteiger partial charge in [-0.15, -0.1) is 0 Å². The summed E-state index contributed by atoms with van der Waals surface area (Å²) in [7, 11) is 4.24. The van der Waals surface area contributed by atoms with Gasteiger partial charge in [-0.1, -0.05) is 24.3 Å². The number of thiophene rings is 1. The van der Waals surface area contributed by atoms with Crippen molar-refractivity contribution in [2.75, 3.05) is 20.6 Å². The van der Waals surface area contributed by atoms with Gasteiger partial charge in [0, 0.05) is 18.1 Å². The molecule has 1 aromatic carbocycles. The van der Waals surface area contributed by atoms with E-state index in [2.05, 4.69) is 77.6 Å². The maximum Gasteiger partial charge on any atom is 0.315 e. The Hall–Kier alpha value is -1.85. The summed E-state index contributed by atoms with van der Waals surface area (Å²) in [5.41, 5.74) is 4.10. The van der Waals surface area contributed by atoms with E-state index >= 15 is 0 Å². The summed E-state index contributed by atoms with van der Waals surface area (Å²) in [6, 6.07) is 10.8. The Kier molecular flexibility index (Phi) is 5.99. The zero-order valence-corrected chi connectivity index (χ0v) is 16.7. The van der Waals surface area contributed by atoms with Gasteiger partial charge in [-0.3, -0.25) is 0 Å². The molecule has 2 N–H and O–H groups in total. The van der Waals surface area contributed by atoms with Crippen LogP contribution in [0.2, 0.25) is 0 Å². The molecule has 1 aromatic heterocycles. The summed E-state index contributed by atoms with van der Waals surface area (Å²) in [6.07, 6.45) is 3.96. The number of nitrogens with one attached hydrogen (secondary N) is 2. The van der Waals surface area contributed by atoms with E-state index < -0.39 is 0 Å². The van der Waals surface area contributed by atoms with Crippen molar-refractivity contribution in [1.82, 2.24) is 15.5 Å². The Morgan fingerprint density at radius 3 is 2.73 bits per heavy atom. The average Bonchev–Trinajstić information content (AvgIpc) is 3.12. The Labute approximate surface area is 160 Å². The SMILES string of the molecule is C[C@@H](Cc1ccsc1)NC(=O)NC[C@]1(N(C)C)CCc2ccccc2C1. The van der Waals surface area contributed by atoms with Crippen molar-refractivity contribution in [3.63, 3.8) is 0 Å². The van der Waals surface area contributed by atoms with Crippen LogP contribution < -0.4 is 10.6 Å². The molecule has 0 fully saturated rings. The highest BCUT2D eigenvalue weighted by atomic mass is 32.1. The molecule has 2 atom stereocenters. The molecule has 1 aliphatic carbocycles. The number of nitrogens with zero attached hydrogens (tertiary/aromatic N) is 1. The van der Waals surface area contributed by atoms with Crippen LogP contribution in [0.15, 0.2) is 41.1 Å². The van der Waals surface area contributed by atoms with E-state index in [4.69, 9.17) is 0 Å². The Morgan fingerprint density at radius 2 is 2.04 bits per heavy atom. The standard InChI is InChI=1S/C21H29N3OS/c1-16(12-17-9-11-26-14-17)23-20(25)22-15-21(24(2)3)10-8-18-6-4-5-7-19(18)13-21/h4-7,9,11,14,16H,8,10,12-13,15H2,1-3H3,(H2,22,23,25)/t16-,21-/m0/s1. The number of likely N-dealkylation sites (N-methyl/N-ethyl adjacent to an activating group) is 1. The minimum atomic E-state index is -0.0761. The predicted molar refractivity (Wildman–Crippen MR) is 109 cm³/mol. The van der Waals surface area contributed by atoms with Crippen LogP contribution >= 0.6 is 11.3 Å². The van der Waals surface area contributed by atoms with Crippen molar-refractivity contribution >= 4 is 17.4 Å². The highest BCUT2D eigenvalue weighted by Gasteiger charge is 2.36. The van der Waals surface area contributed by atoms with E-state index in [0.29, 0.717) is 6.54 Å². The first-order valence-electron chi connectivity index (χ1n) is 9.28. The lowest BCUT2D eigenvalue weighted by Crippen LogP contribution is -2.57. The van der Waals surface area contributed by atoms with Crippen molar-refractivity contribution in [3.8, 4) is 0 Å². The van der Waals surface area contributed by atoms with Crippen LogP contribution in [0.5, 0.6) is 0 Å². The fourth-order valence-corrected chi connectivity index (χ4v) is 4.49. The van der Waals surface area contributed by atoms with Crippen LogP contribution in [0.3, 0.4) is 0 Å². The fourth-order valence-electron chi connectivity index (χ4n) is 3.81. The topological polar surface area (TPSA) is 44.4 Å². The normalized spacial score (nSPS) is 20.5. The Balaban J connectivity index is 1.56. The second kappa shape index (κ2) is 8.23. The second-order valence-corrected chi connectivity index (χ2v) is 8.41. The largest absolute Gasteiger partial charge is 0.336 e. The molecular formula is C21H29N3OS. The molecule has 0 bridgehead atoms. The number of aryl methyl sites for hydroxylation is 1. The number of hydrogen-bond donors (Lipinski definition) is 2. The Morgan fingerprint density at radius 1 is 1.27 bits per heavy atom. The molecule has 3 rings (SSSR count). The number of amides is 2. The van der Waals surface area contributed by atoms with E-state index in [0.717, 1.165) is 25.7 Å². The molecule has 1 aliphatic rings. The summed E-state index contributed by atoms with van der Waals surface area (Å²) in [5.74, 6) is 0. The molecular weight excluding hydrogens is 342 g/mol. The molecule has 5 heteroatoms. The van der Waals surface area contributed by atoms with Gasteiger partial charge in [-0.2, -0.15) is 11.3 Å². The highest BCUT2D eigenvalue weighted by Crippen LogP contribution is 2.31.